The molecule has 2 aromatic carbocycles. The molecule has 0 unspecified atom stereocenters. The molecule has 0 aliphatic heterocycles. The number of nitrogen functional groups attached to an aromatic ring is 1. The first-order chi connectivity index (χ1) is 12.6. The molecule has 2 aromatic rings. The molecule has 0 aromatic heterocycles. The minimum Gasteiger partial charge on any atom is -0.399 e. The van der Waals surface area contributed by atoms with Crippen LogP contribution in [0.3, 0.4) is 0 Å². The molecule has 0 amide bonds. The summed E-state index contributed by atoms with van der Waals surface area (Å²) in [6, 6.07) is 16.0. The van der Waals surface area contributed by atoms with Crippen LogP contribution >= 0.6 is 0 Å². The molecule has 3 rings (SSSR count). The molecule has 0 bridgehead atoms. The van der Waals surface area contributed by atoms with Gasteiger partial charge in [0.25, 0.3) is 5.70 Å². The molecular formula is C20H22N4O2. The van der Waals surface area contributed by atoms with E-state index in [0.717, 1.165) is 35.6 Å². The Labute approximate surface area is 152 Å². The molecule has 1 aliphatic rings. The van der Waals surface area contributed by atoms with Crippen molar-refractivity contribution in [1.82, 2.24) is 5.32 Å². The van der Waals surface area contributed by atoms with E-state index >= 15 is 0 Å². The summed E-state index contributed by atoms with van der Waals surface area (Å²) >= 11 is 0. The van der Waals surface area contributed by atoms with Gasteiger partial charge in [-0.1, -0.05) is 30.3 Å². The number of nitrogens with one attached hydrogen (secondary N) is 2. The Morgan fingerprint density at radius 3 is 2.38 bits per heavy atom. The summed E-state index contributed by atoms with van der Waals surface area (Å²) in [4.78, 5) is 10.5. The van der Waals surface area contributed by atoms with Crippen LogP contribution in [0.2, 0.25) is 0 Å². The predicted octanol–water partition coefficient (Wildman–Crippen LogP) is 3.81. The van der Waals surface area contributed by atoms with Gasteiger partial charge in [-0.25, -0.2) is 0 Å². The van der Waals surface area contributed by atoms with Gasteiger partial charge in [-0.2, -0.15) is 0 Å². The number of nitro groups is 1. The van der Waals surface area contributed by atoms with E-state index in [9.17, 15) is 10.1 Å². The number of hydrogen-bond donors (Lipinski definition) is 3. The molecule has 0 atom stereocenters. The van der Waals surface area contributed by atoms with Crippen molar-refractivity contribution in [2.75, 3.05) is 11.1 Å². The van der Waals surface area contributed by atoms with Gasteiger partial charge < -0.3 is 16.4 Å². The van der Waals surface area contributed by atoms with Crippen molar-refractivity contribution in [2.45, 2.75) is 25.9 Å². The number of hydrogen-bond acceptors (Lipinski definition) is 5. The smallest absolute Gasteiger partial charge is 0.267 e. The van der Waals surface area contributed by atoms with Crippen LogP contribution in [-0.2, 0) is 13.1 Å². The fourth-order valence-corrected chi connectivity index (χ4v) is 2.80. The summed E-state index contributed by atoms with van der Waals surface area (Å²) in [6.07, 6.45) is 4.78. The third-order valence-corrected chi connectivity index (χ3v) is 4.23. The second-order valence-corrected chi connectivity index (χ2v) is 6.24. The zero-order valence-corrected chi connectivity index (χ0v) is 14.4. The molecular weight excluding hydrogens is 328 g/mol. The minimum absolute atomic E-state index is 0.168. The maximum atomic E-state index is 10.8. The molecule has 0 radical (unpaired) electrons. The Morgan fingerprint density at radius 2 is 1.73 bits per heavy atom. The average Bonchev–Trinajstić information content (AvgIpc) is 2.66. The van der Waals surface area contributed by atoms with Crippen molar-refractivity contribution in [1.29, 1.82) is 0 Å². The van der Waals surface area contributed by atoms with E-state index in [0.29, 0.717) is 13.0 Å². The molecule has 134 valence electrons. The summed E-state index contributed by atoms with van der Waals surface area (Å²) in [5.41, 5.74) is 10.9. The fraction of sp³-hybridized carbons (Fsp3) is 0.200. The number of allylic oxidation sites excluding steroid dienone is 3. The standard InChI is InChI=1S/C20H22N4O2/c21-17-3-1-4-18(11-17)22-13-15-7-9-16(10-8-15)14-23-19-5-2-6-20(12-19)24(25)26/h1,3-4,6-12,22-23H,2,5,13-14,21H2. The fourth-order valence-electron chi connectivity index (χ4n) is 2.80. The second kappa shape index (κ2) is 8.20. The number of anilines is 2. The number of nitrogens with two attached hydrogens (primary N) is 1. The highest BCUT2D eigenvalue weighted by atomic mass is 16.6. The van der Waals surface area contributed by atoms with E-state index in [1.54, 1.807) is 12.2 Å². The highest BCUT2D eigenvalue weighted by Gasteiger charge is 2.13. The summed E-state index contributed by atoms with van der Waals surface area (Å²) in [6.45, 7) is 1.37. The monoisotopic (exact) mass is 350 g/mol. The average molecular weight is 350 g/mol. The summed E-state index contributed by atoms with van der Waals surface area (Å²) in [5.74, 6) is 0. The van der Waals surface area contributed by atoms with E-state index in [-0.39, 0.29) is 10.6 Å². The van der Waals surface area contributed by atoms with Crippen molar-refractivity contribution in [3.63, 3.8) is 0 Å². The van der Waals surface area contributed by atoms with Crippen LogP contribution in [0.4, 0.5) is 11.4 Å². The lowest BCUT2D eigenvalue weighted by atomic mass is 10.1. The topological polar surface area (TPSA) is 93.2 Å². The zero-order valence-electron chi connectivity index (χ0n) is 14.4. The highest BCUT2D eigenvalue weighted by molar-refractivity contribution is 5.54. The van der Waals surface area contributed by atoms with Crippen molar-refractivity contribution >= 4 is 11.4 Å². The Balaban J connectivity index is 1.51. The van der Waals surface area contributed by atoms with Crippen LogP contribution in [0.25, 0.3) is 0 Å². The van der Waals surface area contributed by atoms with Crippen LogP contribution in [-0.4, -0.2) is 4.92 Å². The van der Waals surface area contributed by atoms with E-state index in [1.165, 1.54) is 5.56 Å². The molecule has 0 saturated heterocycles. The van der Waals surface area contributed by atoms with Gasteiger partial charge in [0.1, 0.15) is 0 Å². The van der Waals surface area contributed by atoms with E-state index < -0.39 is 0 Å². The molecule has 0 heterocycles. The largest absolute Gasteiger partial charge is 0.399 e. The first-order valence-corrected chi connectivity index (χ1v) is 8.56. The third-order valence-electron chi connectivity index (χ3n) is 4.23. The summed E-state index contributed by atoms with van der Waals surface area (Å²) < 4.78 is 0. The van der Waals surface area contributed by atoms with Gasteiger partial charge in [0.2, 0.25) is 0 Å². The van der Waals surface area contributed by atoms with E-state index in [2.05, 4.69) is 34.9 Å². The molecule has 0 saturated carbocycles. The second-order valence-electron chi connectivity index (χ2n) is 6.24. The first-order valence-electron chi connectivity index (χ1n) is 8.56. The third kappa shape index (κ3) is 4.86. The summed E-state index contributed by atoms with van der Waals surface area (Å²) in [5, 5.41) is 17.5. The molecule has 26 heavy (non-hydrogen) atoms. The van der Waals surface area contributed by atoms with E-state index in [1.807, 2.05) is 24.3 Å². The molecule has 0 spiro atoms. The van der Waals surface area contributed by atoms with Crippen LogP contribution in [0.1, 0.15) is 24.0 Å². The van der Waals surface area contributed by atoms with Gasteiger partial charge >= 0.3 is 0 Å². The maximum Gasteiger partial charge on any atom is 0.267 e. The lowest BCUT2D eigenvalue weighted by molar-refractivity contribution is -0.419. The van der Waals surface area contributed by atoms with Gasteiger partial charge in [0.05, 0.1) is 4.92 Å². The Hall–Kier alpha value is -3.28. The molecule has 0 fully saturated rings. The number of benzene rings is 2. The van der Waals surface area contributed by atoms with Gasteiger partial charge in [0, 0.05) is 36.2 Å². The zero-order chi connectivity index (χ0) is 18.4. The van der Waals surface area contributed by atoms with Crippen LogP contribution in [0, 0.1) is 10.1 Å². The predicted molar refractivity (Wildman–Crippen MR) is 104 cm³/mol. The lowest BCUT2D eigenvalue weighted by Crippen LogP contribution is -2.16. The SMILES string of the molecule is Nc1cccc(NCc2ccc(CNC3=CC([N+](=O)[O-])=CCC3)cc2)c1. The van der Waals surface area contributed by atoms with Gasteiger partial charge in [-0.15, -0.1) is 0 Å². The normalized spacial score (nSPS) is 13.5. The van der Waals surface area contributed by atoms with Crippen LogP contribution < -0.4 is 16.4 Å². The summed E-state index contributed by atoms with van der Waals surface area (Å²) in [7, 11) is 0. The van der Waals surface area contributed by atoms with Crippen LogP contribution in [0.5, 0.6) is 0 Å². The first kappa shape index (κ1) is 17.5. The van der Waals surface area contributed by atoms with Gasteiger partial charge in [-0.3, -0.25) is 10.1 Å². The molecule has 1 aliphatic carbocycles. The molecule has 4 N–H and O–H groups in total. The van der Waals surface area contributed by atoms with Gasteiger partial charge in [-0.05, 0) is 48.2 Å². The van der Waals surface area contributed by atoms with E-state index in [4.69, 9.17) is 5.73 Å². The van der Waals surface area contributed by atoms with Crippen molar-refractivity contribution in [2.24, 2.45) is 0 Å². The Kier molecular flexibility index (Phi) is 5.53. The lowest BCUT2D eigenvalue weighted by Gasteiger charge is -2.13. The number of rotatable bonds is 7. The maximum absolute atomic E-state index is 10.8. The Bertz CT molecular complexity index is 841. The van der Waals surface area contributed by atoms with Gasteiger partial charge in [0.15, 0.2) is 0 Å². The quantitative estimate of drug-likeness (QED) is 0.401. The number of nitrogens with zero attached hydrogens (tertiary/aromatic N) is 1. The molecule has 6 nitrogen and oxygen atoms in total. The molecule has 6 heteroatoms. The van der Waals surface area contributed by atoms with Crippen molar-refractivity contribution < 1.29 is 4.92 Å². The Morgan fingerprint density at radius 1 is 1.04 bits per heavy atom. The van der Waals surface area contributed by atoms with Crippen molar-refractivity contribution in [3.8, 4) is 0 Å². The highest BCUT2D eigenvalue weighted by Crippen LogP contribution is 2.17. The van der Waals surface area contributed by atoms with Crippen molar-refractivity contribution in [3.05, 3.63) is 93.3 Å². The van der Waals surface area contributed by atoms with Crippen LogP contribution in [0.15, 0.2) is 72.1 Å². The minimum atomic E-state index is -0.344.